The SMILES string of the molecule is Nc1nc(N)c2ncn([C@@H]3O[C@@H]4COP(=O)(O)O[C@@H]5[C@H](O)[C@@H](COP(=O)(O)O[C@H]4[C@H]3O)O[C@H]5n3cnc4c(=O)[nH]cnc43)c2n1.Nc1nc2c(ncn2[C@@H]2O[C@@H]3COP(=O)(O)O[C@H]4[C@H](O)[C@H](n5cnc6c(N)ccnc65)O[C@@H]4COP(=O)(O)O[C@@H]2[C@@H]3O)c(=O)[nH]1.Nc1nc2c(ncn2[C@@H]2O[C@]3(F)COP(=O)(O)O[C@H]4[C@@H](O)[C@H](n5cnc6c(N)ccnc65)O[C@@H]4COP(=O)(O)O[C@@H]2[C@@H]3O)c(=O)[nH]1. The molecule has 30 atom stereocenters. The van der Waals surface area contributed by atoms with E-state index in [0.29, 0.717) is 0 Å². The van der Waals surface area contributed by atoms with E-state index in [9.17, 15) is 102 Å². The number of phosphoric acid groups is 6. The molecule has 136 heavy (non-hydrogen) atoms. The number of nitrogens with one attached hydrogen (secondary N) is 3. The van der Waals surface area contributed by atoms with Crippen molar-refractivity contribution in [3.05, 3.63) is 99.9 Å². The van der Waals surface area contributed by atoms with Crippen LogP contribution >= 0.6 is 46.9 Å². The maximum atomic E-state index is 16.2. The van der Waals surface area contributed by atoms with E-state index in [1.54, 1.807) is 0 Å². The smallest absolute Gasteiger partial charge is 0.397 e. The molecule has 0 aliphatic carbocycles. The summed E-state index contributed by atoms with van der Waals surface area (Å²) in [7, 11) is -31.0. The molecule has 9 fully saturated rings. The number of fused-ring (bicyclic) bond motifs is 15. The molecule has 0 amide bonds. The van der Waals surface area contributed by atoms with Crippen LogP contribution in [0.5, 0.6) is 0 Å². The van der Waals surface area contributed by atoms with E-state index in [1.807, 2.05) is 0 Å². The first-order valence-electron chi connectivity index (χ1n) is 39.2. The Morgan fingerprint density at radius 2 is 0.684 bits per heavy atom. The standard InChI is InChI=1S/C21H24FN9O13P2.C21H25N9O13P2.C20H24N10O13P2/c22-21-4-40-46(37,38)43-12-8(41-18(11(12)32)30-5-26-9-7(23)1-2-25-15(9)30)3-39-45(35,36)44-13(14(21)33)19(42-21)31-6-27-10-16(31)28-20(24)29-17(10)34;22-7-1-2-24-16-10(7)25-5-29(16)19-13(32)14-9(41-19)4-39-45(36,37)43-15-12(31)8(3-38-44(34,35)42-14)40-20(15)30-6-26-11-17(30)27-21(23)28-18(11)33;21-14-8-16(28-20(22)27-14)30(4-25-8)18-11(32)12-7(41-18)2-39-45(36,37)43-13-10(31)6(1-38-44(34,35)42-12)40-19(13)29-5-26-9-15(29)23-3-24-17(9)33/h1-2,5-6,8,11-14,18-19,32-33H,3-4H2,(H2,23,25)(H,35,36)(H,37,38)(H3,24,28,29,34);1-2,5-6,8-9,12-15,19-20,31-32H,3-4H2,(H2,22,24)(H,34,35)(H,36,37)(H3,23,27,28,33);3-7,10-13,18-19,31-32H,1-2H2,(H,34,35)(H,36,37)(H,23,24,33)(H4,21,22,27,28)/t8-,11-,12-,13-,14+,18-,19-,21-;8-,9-,12-,13+,14-,15-,19-,20-;6-,7-,10-,11-,12-,13-,18-,19-/m111/s1. The number of aromatic nitrogens is 22. The number of ether oxygens (including phenoxy) is 6. The number of hydrogen-bond donors (Lipinski definition) is 21. The summed E-state index contributed by atoms with van der Waals surface area (Å²) in [6.07, 6.45) is -27.6. The minimum Gasteiger partial charge on any atom is -0.397 e. The quantitative estimate of drug-likeness (QED) is 0.0691. The second kappa shape index (κ2) is 35.3. The molecule has 9 aliphatic heterocycles. The number of halogens is 1. The number of anilines is 6. The van der Waals surface area contributed by atoms with Gasteiger partial charge in [-0.3, -0.25) is 106 Å². The van der Waals surface area contributed by atoms with Gasteiger partial charge in [-0.15, -0.1) is 0 Å². The molecule has 0 radical (unpaired) electrons. The maximum absolute atomic E-state index is 16.2. The first-order chi connectivity index (χ1) is 64.3. The summed E-state index contributed by atoms with van der Waals surface area (Å²) in [5, 5.41) is 66.3. The van der Waals surface area contributed by atoms with E-state index >= 15 is 4.39 Å². The molecule has 12 aromatic heterocycles. The number of nitrogens with two attached hydrogens (primary N) is 6. The van der Waals surface area contributed by atoms with Crippen LogP contribution in [0.2, 0.25) is 0 Å². The van der Waals surface area contributed by atoms with Crippen molar-refractivity contribution in [1.29, 1.82) is 0 Å². The Labute approximate surface area is 748 Å². The van der Waals surface area contributed by atoms with E-state index in [2.05, 4.69) is 79.7 Å². The number of rotatable bonds is 6. The van der Waals surface area contributed by atoms with Gasteiger partial charge in [0.05, 0.1) is 88.7 Å². The number of phosphoric ester groups is 6. The highest BCUT2D eigenvalue weighted by Crippen LogP contribution is 2.60. The van der Waals surface area contributed by atoms with Crippen LogP contribution in [0.25, 0.3) is 67.0 Å². The van der Waals surface area contributed by atoms with Gasteiger partial charge in [0.1, 0.15) is 127 Å². The summed E-state index contributed by atoms with van der Waals surface area (Å²) in [6, 6.07) is 2.99. The molecule has 6 unspecified atom stereocenters. The van der Waals surface area contributed by atoms with Gasteiger partial charge < -0.3 is 128 Å². The Morgan fingerprint density at radius 3 is 1.11 bits per heavy atom. The molecule has 0 saturated carbocycles. The lowest BCUT2D eigenvalue weighted by atomic mass is 10.1. The third kappa shape index (κ3) is 17.8. The van der Waals surface area contributed by atoms with Crippen molar-refractivity contribution in [2.75, 3.05) is 74.0 Å². The normalized spacial score (nSPS) is 38.1. The number of aromatic amines is 3. The minimum absolute atomic E-state index is 0.0277. The van der Waals surface area contributed by atoms with Crippen LogP contribution in [0.3, 0.4) is 0 Å². The van der Waals surface area contributed by atoms with Gasteiger partial charge >= 0.3 is 46.9 Å². The van der Waals surface area contributed by atoms with E-state index in [4.69, 9.17) is 117 Å². The van der Waals surface area contributed by atoms with Crippen molar-refractivity contribution in [3.8, 4) is 0 Å². The Bertz CT molecular complexity index is 7180. The lowest BCUT2D eigenvalue weighted by molar-refractivity contribution is -0.204. The van der Waals surface area contributed by atoms with Gasteiger partial charge in [-0.1, -0.05) is 0 Å². The molecule has 21 heterocycles. The van der Waals surface area contributed by atoms with Crippen molar-refractivity contribution in [1.82, 2.24) is 107 Å². The molecule has 9 saturated heterocycles. The third-order valence-electron chi connectivity index (χ3n) is 22.2. The predicted octanol–water partition coefficient (Wildman–Crippen LogP) is -5.52. The fourth-order valence-electron chi connectivity index (χ4n) is 16.1. The monoisotopic (exact) mass is 2040 g/mol. The number of pyridine rings is 2. The van der Waals surface area contributed by atoms with Crippen molar-refractivity contribution in [2.24, 2.45) is 0 Å². The highest BCUT2D eigenvalue weighted by atomic mass is 31.2. The second-order valence-corrected chi connectivity index (χ2v) is 39.3. The molecule has 0 spiro atoms. The number of imidazole rings is 6. The molecule has 74 heteroatoms. The number of nitrogens with zero attached hydrogens (tertiary/aromatic N) is 19. The van der Waals surface area contributed by atoms with Gasteiger partial charge in [0.15, 0.2) is 93.6 Å². The topological polar surface area (TPSA) is 963 Å². The maximum Gasteiger partial charge on any atom is 0.472 e. The zero-order valence-electron chi connectivity index (χ0n) is 67.8. The van der Waals surface area contributed by atoms with Crippen LogP contribution in [-0.2, 0) is 110 Å². The van der Waals surface area contributed by atoms with Gasteiger partial charge in [0.25, 0.3) is 22.5 Å². The highest BCUT2D eigenvalue weighted by molar-refractivity contribution is 7.48. The van der Waals surface area contributed by atoms with Crippen molar-refractivity contribution < 1.29 is 174 Å². The van der Waals surface area contributed by atoms with Crippen LogP contribution in [0.4, 0.5) is 39.4 Å². The predicted molar refractivity (Wildman–Crippen MR) is 435 cm³/mol. The number of nitrogen functional groups attached to an aromatic ring is 6. The largest absolute Gasteiger partial charge is 0.472 e. The molecule has 9 aliphatic rings. The van der Waals surface area contributed by atoms with Crippen LogP contribution < -0.4 is 51.1 Å². The zero-order chi connectivity index (χ0) is 96.4. The van der Waals surface area contributed by atoms with Crippen molar-refractivity contribution in [3.63, 3.8) is 0 Å². The van der Waals surface area contributed by atoms with E-state index in [0.717, 1.165) is 39.0 Å². The van der Waals surface area contributed by atoms with Gasteiger partial charge in [0.2, 0.25) is 17.8 Å². The molecular formula is C62H73FN28O39P6. The molecule has 27 N–H and O–H groups in total. The Hall–Kier alpha value is -10.2. The van der Waals surface area contributed by atoms with Crippen molar-refractivity contribution in [2.45, 2.75) is 147 Å². The van der Waals surface area contributed by atoms with Gasteiger partial charge in [-0.2, -0.15) is 19.9 Å². The number of alkyl halides is 1. The molecule has 12 aromatic rings. The van der Waals surface area contributed by atoms with Crippen LogP contribution in [-0.4, -0.2) is 316 Å². The first kappa shape index (κ1) is 94.7. The zero-order valence-corrected chi connectivity index (χ0v) is 73.2. The molecule has 0 aromatic carbocycles. The average Bonchev–Trinajstić information content (AvgIpc) is 1.58. The molecule has 6 bridgehead atoms. The molecule has 732 valence electrons. The van der Waals surface area contributed by atoms with Gasteiger partial charge in [-0.25, -0.2) is 76.6 Å². The average molecular weight is 2040 g/mol. The van der Waals surface area contributed by atoms with Crippen LogP contribution in [0.1, 0.15) is 37.4 Å². The second-order valence-electron chi connectivity index (χ2n) is 30.8. The lowest BCUT2D eigenvalue weighted by Crippen LogP contribution is -2.43. The summed E-state index contributed by atoms with van der Waals surface area (Å²) >= 11 is 0. The summed E-state index contributed by atoms with van der Waals surface area (Å²) in [6.45, 7) is -5.72. The first-order valence-corrected chi connectivity index (χ1v) is 48.2. The number of aliphatic hydroxyl groups is 6. The minimum atomic E-state index is -5.34. The summed E-state index contributed by atoms with van der Waals surface area (Å²) < 4.78 is 198. The fraction of sp³-hybridized carbons (Fsp3) is 0.484. The van der Waals surface area contributed by atoms with Crippen molar-refractivity contribution >= 4 is 149 Å². The number of H-pyrrole nitrogens is 3. The van der Waals surface area contributed by atoms with Gasteiger partial charge in [-0.05, 0) is 12.1 Å². The summed E-state index contributed by atoms with van der Waals surface area (Å²) in [4.78, 5) is 160. The fourth-order valence-corrected chi connectivity index (χ4v) is 21.7. The van der Waals surface area contributed by atoms with E-state index < -0.39 is 250 Å². The number of aliphatic hydroxyl groups excluding tert-OH is 6. The highest BCUT2D eigenvalue weighted by Gasteiger charge is 2.63. The molecule has 67 nitrogen and oxygen atoms in total. The Balaban J connectivity index is 0.000000131. The van der Waals surface area contributed by atoms with Crippen LogP contribution in [0.15, 0.2) is 83.2 Å². The summed E-state index contributed by atoms with van der Waals surface area (Å²) in [5.74, 6) is -4.36. The van der Waals surface area contributed by atoms with E-state index in [1.165, 1.54) is 57.2 Å². The Morgan fingerprint density at radius 1 is 0.360 bits per heavy atom. The lowest BCUT2D eigenvalue weighted by Gasteiger charge is -2.26. The van der Waals surface area contributed by atoms with E-state index in [-0.39, 0.29) is 102 Å². The molecular weight excluding hydrogens is 1970 g/mol. The van der Waals surface area contributed by atoms with Crippen LogP contribution in [0, 0.1) is 0 Å². The molecule has 21 rings (SSSR count). The summed E-state index contributed by atoms with van der Waals surface area (Å²) in [5.41, 5.74) is 33.1. The third-order valence-corrected chi connectivity index (χ3v) is 28.1. The number of hydrogen-bond acceptors (Lipinski definition) is 52. The Kier molecular flexibility index (Phi) is 24.6. The van der Waals surface area contributed by atoms with Gasteiger partial charge in [0, 0.05) is 12.4 Å².